The fraction of sp³-hybridized carbons (Fsp3) is 0.478. The zero-order valence-corrected chi connectivity index (χ0v) is 17.5. The van der Waals surface area contributed by atoms with E-state index >= 15 is 0 Å². The highest BCUT2D eigenvalue weighted by Gasteiger charge is 2.31. The van der Waals surface area contributed by atoms with Crippen LogP contribution in [-0.2, 0) is 6.18 Å². The van der Waals surface area contributed by atoms with Crippen molar-refractivity contribution in [2.24, 2.45) is 0 Å². The van der Waals surface area contributed by atoms with Gasteiger partial charge in [0, 0.05) is 44.8 Å². The van der Waals surface area contributed by atoms with Gasteiger partial charge in [-0.05, 0) is 55.3 Å². The van der Waals surface area contributed by atoms with Gasteiger partial charge in [-0.15, -0.1) is 0 Å². The number of nitrogens with zero attached hydrogens (tertiary/aromatic N) is 2. The smallest absolute Gasteiger partial charge is 0.416 e. The molecule has 3 rings (SSSR count). The van der Waals surface area contributed by atoms with E-state index < -0.39 is 17.8 Å². The number of alkyl halides is 3. The van der Waals surface area contributed by atoms with Crippen molar-refractivity contribution in [3.8, 4) is 5.75 Å². The molecule has 1 aliphatic heterocycles. The molecule has 1 fully saturated rings. The number of aliphatic hydroxyl groups excluding tert-OH is 1. The van der Waals surface area contributed by atoms with Gasteiger partial charge >= 0.3 is 6.18 Å². The Morgan fingerprint density at radius 2 is 1.73 bits per heavy atom. The van der Waals surface area contributed by atoms with E-state index in [1.807, 2.05) is 30.0 Å². The highest BCUT2D eigenvalue weighted by atomic mass is 19.4. The van der Waals surface area contributed by atoms with Gasteiger partial charge in [0.1, 0.15) is 5.75 Å². The summed E-state index contributed by atoms with van der Waals surface area (Å²) in [4.78, 5) is 4.10. The summed E-state index contributed by atoms with van der Waals surface area (Å²) in [6, 6.07) is 11.4. The second kappa shape index (κ2) is 9.71. The Labute approximate surface area is 175 Å². The van der Waals surface area contributed by atoms with Crippen LogP contribution in [0.1, 0.15) is 23.1 Å². The Hall–Kier alpha value is -2.25. The van der Waals surface area contributed by atoms with Crippen molar-refractivity contribution < 1.29 is 23.0 Å². The van der Waals surface area contributed by atoms with E-state index in [4.69, 9.17) is 4.74 Å². The molecular weight excluding hydrogens is 393 g/mol. The number of piperazine rings is 1. The maximum Gasteiger partial charge on any atom is 0.416 e. The average molecular weight is 422 g/mol. The summed E-state index contributed by atoms with van der Waals surface area (Å²) >= 11 is 0. The zero-order valence-electron chi connectivity index (χ0n) is 17.5. The zero-order chi connectivity index (χ0) is 21.7. The summed E-state index contributed by atoms with van der Waals surface area (Å²) in [5, 5.41) is 10.3. The fourth-order valence-electron chi connectivity index (χ4n) is 3.57. The Balaban J connectivity index is 1.41. The van der Waals surface area contributed by atoms with E-state index in [1.165, 1.54) is 23.3 Å². The normalized spacial score (nSPS) is 16.5. The summed E-state index contributed by atoms with van der Waals surface area (Å²) in [5.41, 5.74) is 2.35. The molecule has 7 heteroatoms. The molecule has 1 N–H and O–H groups in total. The number of anilines is 1. The molecule has 164 valence electrons. The second-order valence-corrected chi connectivity index (χ2v) is 7.87. The average Bonchev–Trinajstić information content (AvgIpc) is 2.71. The largest absolute Gasteiger partial charge is 0.493 e. The lowest BCUT2D eigenvalue weighted by atomic mass is 10.1. The first-order chi connectivity index (χ1) is 14.2. The fourth-order valence-corrected chi connectivity index (χ4v) is 3.57. The number of β-amino-alcohol motifs (C(OH)–C–C–N with tert-alkyl or cyclic N) is 1. The molecule has 0 unspecified atom stereocenters. The van der Waals surface area contributed by atoms with Crippen molar-refractivity contribution in [1.29, 1.82) is 0 Å². The first-order valence-corrected chi connectivity index (χ1v) is 10.2. The van der Waals surface area contributed by atoms with E-state index in [2.05, 4.69) is 11.8 Å². The van der Waals surface area contributed by atoms with Crippen molar-refractivity contribution in [1.82, 2.24) is 4.90 Å². The minimum Gasteiger partial charge on any atom is -0.493 e. The van der Waals surface area contributed by atoms with Crippen LogP contribution in [0.25, 0.3) is 0 Å². The van der Waals surface area contributed by atoms with Crippen LogP contribution in [0.3, 0.4) is 0 Å². The van der Waals surface area contributed by atoms with E-state index in [1.54, 1.807) is 6.07 Å². The third-order valence-corrected chi connectivity index (χ3v) is 5.58. The standard InChI is InChI=1S/C23H29F3N2O2/c1-17-6-7-22(14-18(17)2)30-13-8-21(29)16-27-9-11-28(12-10-27)20-5-3-4-19(15-20)23(24,25)26/h3-7,14-15,21,29H,8-13,16H2,1-2H3/t21-/m1/s1. The van der Waals surface area contributed by atoms with Crippen LogP contribution in [0.2, 0.25) is 0 Å². The molecule has 0 bridgehead atoms. The lowest BCUT2D eigenvalue weighted by Gasteiger charge is -2.37. The summed E-state index contributed by atoms with van der Waals surface area (Å²) in [6.07, 6.45) is -4.31. The number of hydrogen-bond donors (Lipinski definition) is 1. The van der Waals surface area contributed by atoms with Crippen molar-refractivity contribution in [3.63, 3.8) is 0 Å². The van der Waals surface area contributed by atoms with Crippen molar-refractivity contribution >= 4 is 5.69 Å². The second-order valence-electron chi connectivity index (χ2n) is 7.87. The van der Waals surface area contributed by atoms with Crippen molar-refractivity contribution in [2.45, 2.75) is 32.5 Å². The monoisotopic (exact) mass is 422 g/mol. The Kier molecular flexibility index (Phi) is 7.26. The molecule has 0 aliphatic carbocycles. The van der Waals surface area contributed by atoms with Gasteiger partial charge in [-0.3, -0.25) is 4.90 Å². The molecule has 0 radical (unpaired) electrons. The summed E-state index contributed by atoms with van der Waals surface area (Å²) in [7, 11) is 0. The van der Waals surface area contributed by atoms with Crippen LogP contribution < -0.4 is 9.64 Å². The molecule has 1 heterocycles. The van der Waals surface area contributed by atoms with Crippen molar-refractivity contribution in [2.75, 3.05) is 44.2 Å². The number of ether oxygens (including phenoxy) is 1. The molecular formula is C23H29F3N2O2. The maximum absolute atomic E-state index is 12.9. The summed E-state index contributed by atoms with van der Waals surface area (Å²) in [5.74, 6) is 0.806. The molecule has 0 amide bonds. The number of aryl methyl sites for hydroxylation is 2. The molecule has 30 heavy (non-hydrogen) atoms. The molecule has 0 saturated carbocycles. The van der Waals surface area contributed by atoms with Crippen LogP contribution in [-0.4, -0.2) is 55.4 Å². The predicted octanol–water partition coefficient (Wildman–Crippen LogP) is 4.27. The summed E-state index contributed by atoms with van der Waals surface area (Å²) < 4.78 is 44.5. The molecule has 0 aromatic heterocycles. The molecule has 2 aromatic carbocycles. The quantitative estimate of drug-likeness (QED) is 0.723. The van der Waals surface area contributed by atoms with Gasteiger partial charge in [0.15, 0.2) is 0 Å². The first-order valence-electron chi connectivity index (χ1n) is 10.2. The molecule has 1 aliphatic rings. The van der Waals surface area contributed by atoms with Crippen LogP contribution >= 0.6 is 0 Å². The van der Waals surface area contributed by atoms with Crippen molar-refractivity contribution in [3.05, 3.63) is 59.2 Å². The number of benzene rings is 2. The Morgan fingerprint density at radius 3 is 2.40 bits per heavy atom. The number of halogens is 3. The lowest BCUT2D eigenvalue weighted by molar-refractivity contribution is -0.137. The van der Waals surface area contributed by atoms with E-state index in [0.717, 1.165) is 11.8 Å². The molecule has 0 spiro atoms. The van der Waals surface area contributed by atoms with Crippen LogP contribution in [0.15, 0.2) is 42.5 Å². The van der Waals surface area contributed by atoms with E-state index in [9.17, 15) is 18.3 Å². The van der Waals surface area contributed by atoms with Gasteiger partial charge in [-0.25, -0.2) is 0 Å². The van der Waals surface area contributed by atoms with Gasteiger partial charge in [0.2, 0.25) is 0 Å². The third-order valence-electron chi connectivity index (χ3n) is 5.58. The van der Waals surface area contributed by atoms with E-state index in [-0.39, 0.29) is 0 Å². The SMILES string of the molecule is Cc1ccc(OCC[C@@H](O)CN2CCN(c3cccc(C(F)(F)F)c3)CC2)cc1C. The van der Waals surface area contributed by atoms with Gasteiger partial charge in [0.05, 0.1) is 18.3 Å². The van der Waals surface area contributed by atoms with Crippen LogP contribution in [0, 0.1) is 13.8 Å². The Bertz CT molecular complexity index is 833. The summed E-state index contributed by atoms with van der Waals surface area (Å²) in [6.45, 7) is 7.73. The highest BCUT2D eigenvalue weighted by molar-refractivity contribution is 5.49. The van der Waals surface area contributed by atoms with E-state index in [0.29, 0.717) is 51.4 Å². The number of hydrogen-bond acceptors (Lipinski definition) is 4. The van der Waals surface area contributed by atoms with Gasteiger partial charge in [-0.2, -0.15) is 13.2 Å². The third kappa shape index (κ3) is 6.12. The lowest BCUT2D eigenvalue weighted by Crippen LogP contribution is -2.48. The molecule has 4 nitrogen and oxygen atoms in total. The highest BCUT2D eigenvalue weighted by Crippen LogP contribution is 2.31. The maximum atomic E-state index is 12.9. The molecule has 2 aromatic rings. The predicted molar refractivity (Wildman–Crippen MR) is 112 cm³/mol. The first kappa shape index (κ1) is 22.4. The van der Waals surface area contributed by atoms with Gasteiger partial charge < -0.3 is 14.7 Å². The Morgan fingerprint density at radius 1 is 1.00 bits per heavy atom. The topological polar surface area (TPSA) is 35.9 Å². The minimum atomic E-state index is -4.33. The van der Waals surface area contributed by atoms with Gasteiger partial charge in [0.25, 0.3) is 0 Å². The molecule has 1 atom stereocenters. The van der Waals surface area contributed by atoms with Gasteiger partial charge in [-0.1, -0.05) is 12.1 Å². The molecule has 1 saturated heterocycles. The van der Waals surface area contributed by atoms with Crippen LogP contribution in [0.4, 0.5) is 18.9 Å². The number of aliphatic hydroxyl groups is 1. The van der Waals surface area contributed by atoms with Crippen LogP contribution in [0.5, 0.6) is 5.75 Å². The number of rotatable bonds is 7. The minimum absolute atomic E-state index is 0.438.